The monoisotopic (exact) mass is 647 g/mol. The van der Waals surface area contributed by atoms with Crippen LogP contribution in [0.5, 0.6) is 0 Å². The summed E-state index contributed by atoms with van der Waals surface area (Å²) in [6, 6.07) is 0. The van der Waals surface area contributed by atoms with Crippen molar-refractivity contribution in [3.8, 4) is 0 Å². The number of ketones is 1. The molecule has 0 fully saturated rings. The highest BCUT2D eigenvalue weighted by atomic mass is 16.5. The predicted octanol–water partition coefficient (Wildman–Crippen LogP) is 14.1. The van der Waals surface area contributed by atoms with Crippen molar-refractivity contribution in [1.82, 2.24) is 0 Å². The van der Waals surface area contributed by atoms with Crippen LogP contribution in [-0.4, -0.2) is 31.7 Å². The minimum Gasteiger partial charge on any atom is -0.378 e. The van der Waals surface area contributed by atoms with Gasteiger partial charge in [0.15, 0.2) is 5.78 Å². The van der Waals surface area contributed by atoms with E-state index in [1.165, 1.54) is 167 Å². The van der Waals surface area contributed by atoms with Crippen LogP contribution in [-0.2, 0) is 14.3 Å². The third-order valence-corrected chi connectivity index (χ3v) is 9.08. The van der Waals surface area contributed by atoms with Gasteiger partial charge < -0.3 is 9.47 Å². The van der Waals surface area contributed by atoms with Crippen molar-refractivity contribution in [2.45, 2.75) is 221 Å². The van der Waals surface area contributed by atoms with Gasteiger partial charge in [0, 0.05) is 18.6 Å². The quantitative estimate of drug-likeness (QED) is 0.0502. The molecule has 46 heavy (non-hydrogen) atoms. The minimum atomic E-state index is -0.433. The molecule has 0 rings (SSSR count). The minimum absolute atomic E-state index is 0.165. The number of allylic oxidation sites excluding steroid dienone is 4. The lowest BCUT2D eigenvalue weighted by Gasteiger charge is -2.25. The van der Waals surface area contributed by atoms with E-state index in [0.29, 0.717) is 13.2 Å². The average Bonchev–Trinajstić information content (AvgIpc) is 3.03. The van der Waals surface area contributed by atoms with E-state index in [4.69, 9.17) is 9.47 Å². The van der Waals surface area contributed by atoms with E-state index >= 15 is 0 Å². The van der Waals surface area contributed by atoms with E-state index in [1.807, 2.05) is 20.8 Å². The summed E-state index contributed by atoms with van der Waals surface area (Å²) in [5.74, 6) is 0.165. The Hall–Kier alpha value is -0.930. The van der Waals surface area contributed by atoms with Crippen LogP contribution in [0.25, 0.3) is 0 Å². The fraction of sp³-hybridized carbons (Fsp3) is 0.884. The molecule has 0 aromatic heterocycles. The number of carbonyl (C=O) groups excluding carboxylic acids is 1. The molecule has 0 saturated heterocycles. The zero-order valence-corrected chi connectivity index (χ0v) is 32.0. The number of ether oxygens (including phenoxy) is 2. The van der Waals surface area contributed by atoms with E-state index in [1.54, 1.807) is 0 Å². The second-order valence-electron chi connectivity index (χ2n) is 14.9. The summed E-state index contributed by atoms with van der Waals surface area (Å²) in [7, 11) is 0. The van der Waals surface area contributed by atoms with Gasteiger partial charge in [0.1, 0.15) is 6.10 Å². The van der Waals surface area contributed by atoms with Gasteiger partial charge in [0.2, 0.25) is 0 Å². The van der Waals surface area contributed by atoms with Gasteiger partial charge in [-0.15, -0.1) is 0 Å². The van der Waals surface area contributed by atoms with Crippen molar-refractivity contribution in [1.29, 1.82) is 0 Å². The second kappa shape index (κ2) is 35.4. The highest BCUT2D eigenvalue weighted by Gasteiger charge is 2.30. The molecule has 0 aromatic rings. The molecule has 0 aliphatic heterocycles. The number of rotatable bonds is 36. The molecule has 0 aromatic carbocycles. The van der Waals surface area contributed by atoms with Crippen LogP contribution in [0.15, 0.2) is 24.3 Å². The maximum Gasteiger partial charge on any atom is 0.169 e. The molecule has 1 unspecified atom stereocenters. The number of hydrogen-bond acceptors (Lipinski definition) is 3. The zero-order valence-electron chi connectivity index (χ0n) is 32.0. The summed E-state index contributed by atoms with van der Waals surface area (Å²) in [6.45, 7) is 12.3. The first-order valence-electron chi connectivity index (χ1n) is 20.5. The van der Waals surface area contributed by atoms with Gasteiger partial charge in [-0.25, -0.2) is 0 Å². The van der Waals surface area contributed by atoms with Gasteiger partial charge in [-0.2, -0.15) is 0 Å². The van der Waals surface area contributed by atoms with Crippen LogP contribution in [0.3, 0.4) is 0 Å². The summed E-state index contributed by atoms with van der Waals surface area (Å²) < 4.78 is 12.0. The average molecular weight is 647 g/mol. The maximum atomic E-state index is 13.0. The molecule has 0 heterocycles. The summed E-state index contributed by atoms with van der Waals surface area (Å²) in [5, 5.41) is 0. The van der Waals surface area contributed by atoms with Crippen LogP contribution in [0.2, 0.25) is 0 Å². The van der Waals surface area contributed by atoms with Crippen molar-refractivity contribution in [3.05, 3.63) is 24.3 Å². The van der Waals surface area contributed by atoms with Crippen LogP contribution >= 0.6 is 0 Å². The lowest BCUT2D eigenvalue weighted by atomic mass is 9.87. The molecule has 3 nitrogen and oxygen atoms in total. The molecule has 0 amide bonds. The lowest BCUT2D eigenvalue weighted by molar-refractivity contribution is -0.142. The Morgan fingerprint density at radius 2 is 0.804 bits per heavy atom. The second-order valence-corrected chi connectivity index (χ2v) is 14.9. The Balaban J connectivity index is 3.75. The van der Waals surface area contributed by atoms with Crippen molar-refractivity contribution in [2.24, 2.45) is 5.41 Å². The van der Waals surface area contributed by atoms with Crippen LogP contribution in [0.4, 0.5) is 0 Å². The van der Waals surface area contributed by atoms with Crippen molar-refractivity contribution in [2.75, 3.05) is 19.8 Å². The van der Waals surface area contributed by atoms with E-state index in [2.05, 4.69) is 38.2 Å². The SMILES string of the molecule is CCCCCCCC/C=C\CCCCCCCCOCC(OCCCCCCCC/C=C\CCCCCCCC)C(=O)C(C)(C)C. The van der Waals surface area contributed by atoms with Crippen LogP contribution in [0.1, 0.15) is 214 Å². The van der Waals surface area contributed by atoms with Gasteiger partial charge in [0.05, 0.1) is 6.61 Å². The zero-order chi connectivity index (χ0) is 33.8. The van der Waals surface area contributed by atoms with E-state index < -0.39 is 11.5 Å². The fourth-order valence-corrected chi connectivity index (χ4v) is 5.90. The molecule has 0 N–H and O–H groups in total. The fourth-order valence-electron chi connectivity index (χ4n) is 5.90. The Bertz CT molecular complexity index is 674. The lowest BCUT2D eigenvalue weighted by Crippen LogP contribution is -2.38. The smallest absolute Gasteiger partial charge is 0.169 e. The third kappa shape index (κ3) is 33.0. The highest BCUT2D eigenvalue weighted by Crippen LogP contribution is 2.20. The summed E-state index contributed by atoms with van der Waals surface area (Å²) in [5.41, 5.74) is -0.402. The molecule has 272 valence electrons. The Morgan fingerprint density at radius 1 is 0.478 bits per heavy atom. The molecule has 0 spiro atoms. The molecule has 0 saturated carbocycles. The molecule has 1 atom stereocenters. The molecular formula is C43H82O3. The number of Topliss-reactive ketones (excluding diaryl/α,β-unsaturated/α-hetero) is 1. The van der Waals surface area contributed by atoms with Crippen molar-refractivity contribution < 1.29 is 14.3 Å². The summed E-state index contributed by atoms with van der Waals surface area (Å²) >= 11 is 0. The predicted molar refractivity (Wildman–Crippen MR) is 204 cm³/mol. The summed E-state index contributed by atoms with van der Waals surface area (Å²) in [6.07, 6.45) is 45.7. The van der Waals surface area contributed by atoms with Gasteiger partial charge in [-0.05, 0) is 64.2 Å². The molecular weight excluding hydrogens is 564 g/mol. The molecule has 0 aliphatic carbocycles. The van der Waals surface area contributed by atoms with Crippen molar-refractivity contribution in [3.63, 3.8) is 0 Å². The largest absolute Gasteiger partial charge is 0.378 e. The first kappa shape index (κ1) is 45.1. The van der Waals surface area contributed by atoms with Gasteiger partial charge in [0.25, 0.3) is 0 Å². The number of hydrogen-bond donors (Lipinski definition) is 0. The molecule has 3 heteroatoms. The maximum absolute atomic E-state index is 13.0. The molecule has 0 radical (unpaired) electrons. The molecule has 0 aliphatic rings. The van der Waals surface area contributed by atoms with E-state index in [0.717, 1.165) is 19.4 Å². The standard InChI is InChI=1S/C43H82O3/c1-6-8-10-12-14-16-18-20-22-24-26-28-30-32-34-36-38-45-40-41(42(44)43(3,4)5)46-39-37-35-33-31-29-27-25-23-21-19-17-15-13-11-9-7-2/h20-23,41H,6-19,24-40H2,1-5H3/b22-20-,23-21-. The van der Waals surface area contributed by atoms with Gasteiger partial charge in [-0.1, -0.05) is 174 Å². The van der Waals surface area contributed by atoms with Crippen molar-refractivity contribution >= 4 is 5.78 Å². The van der Waals surface area contributed by atoms with Crippen LogP contribution in [0, 0.1) is 5.41 Å². The van der Waals surface area contributed by atoms with Gasteiger partial charge >= 0.3 is 0 Å². The Morgan fingerprint density at radius 3 is 1.17 bits per heavy atom. The van der Waals surface area contributed by atoms with E-state index in [9.17, 15) is 4.79 Å². The highest BCUT2D eigenvalue weighted by molar-refractivity contribution is 5.88. The first-order valence-corrected chi connectivity index (χ1v) is 20.5. The normalized spacial score (nSPS) is 13.0. The first-order chi connectivity index (χ1) is 22.4. The van der Waals surface area contributed by atoms with Crippen LogP contribution < -0.4 is 0 Å². The van der Waals surface area contributed by atoms with E-state index in [-0.39, 0.29) is 5.78 Å². The third-order valence-electron chi connectivity index (χ3n) is 9.08. The molecule has 0 bridgehead atoms. The Kier molecular flexibility index (Phi) is 34.7. The summed E-state index contributed by atoms with van der Waals surface area (Å²) in [4.78, 5) is 13.0. The number of unbranched alkanes of at least 4 members (excludes halogenated alkanes) is 24. The topological polar surface area (TPSA) is 35.5 Å². The Labute approximate surface area is 289 Å². The van der Waals surface area contributed by atoms with Gasteiger partial charge in [-0.3, -0.25) is 4.79 Å². The number of carbonyl (C=O) groups is 1.